The van der Waals surface area contributed by atoms with E-state index in [0.29, 0.717) is 16.9 Å². The molecule has 2 fully saturated rings. The molecule has 2 rings (SSSR count). The molecule has 1 heteroatoms. The molecule has 3 atom stereocenters. The maximum atomic E-state index is 6.00. The second-order valence-corrected chi connectivity index (χ2v) is 6.72. The van der Waals surface area contributed by atoms with Crippen LogP contribution in [0, 0.1) is 16.7 Å². The fourth-order valence-electron chi connectivity index (χ4n) is 3.16. The Hall–Kier alpha value is -0.0400. The van der Waals surface area contributed by atoms with Crippen LogP contribution in [0.25, 0.3) is 0 Å². The van der Waals surface area contributed by atoms with Crippen LogP contribution >= 0.6 is 0 Å². The Morgan fingerprint density at radius 1 is 1.21 bits per heavy atom. The lowest BCUT2D eigenvalue weighted by atomic mass is 9.77. The molecule has 1 saturated heterocycles. The molecule has 82 valence electrons. The Labute approximate surface area is 88.2 Å². The molecule has 1 aliphatic heterocycles. The van der Waals surface area contributed by atoms with Gasteiger partial charge in [-0.25, -0.2) is 0 Å². The van der Waals surface area contributed by atoms with Crippen LogP contribution in [-0.2, 0) is 4.74 Å². The minimum absolute atomic E-state index is 0.329. The van der Waals surface area contributed by atoms with E-state index >= 15 is 0 Å². The van der Waals surface area contributed by atoms with Gasteiger partial charge in [-0.2, -0.15) is 0 Å². The number of hydrogen-bond donors (Lipinski definition) is 0. The van der Waals surface area contributed by atoms with Gasteiger partial charge in [-0.15, -0.1) is 0 Å². The first-order valence-corrected chi connectivity index (χ1v) is 6.03. The molecule has 0 aromatic carbocycles. The largest absolute Gasteiger partial charge is 0.377 e. The molecule has 3 unspecified atom stereocenters. The number of hydrogen-bond acceptors (Lipinski definition) is 1. The highest BCUT2D eigenvalue weighted by Crippen LogP contribution is 2.51. The van der Waals surface area contributed by atoms with Gasteiger partial charge in [0.15, 0.2) is 0 Å². The van der Waals surface area contributed by atoms with Gasteiger partial charge in [0.25, 0.3) is 0 Å². The molecule has 0 bridgehead atoms. The van der Waals surface area contributed by atoms with E-state index in [9.17, 15) is 0 Å². The van der Waals surface area contributed by atoms with Crippen LogP contribution in [0.3, 0.4) is 0 Å². The third-order valence-corrected chi connectivity index (χ3v) is 4.12. The molecular formula is C13H24O. The highest BCUT2D eigenvalue weighted by Gasteiger charge is 2.47. The first-order valence-electron chi connectivity index (χ1n) is 6.03. The van der Waals surface area contributed by atoms with Crippen LogP contribution in [-0.4, -0.2) is 12.7 Å². The molecule has 0 amide bonds. The zero-order valence-corrected chi connectivity index (χ0v) is 10.1. The minimum atomic E-state index is 0.329. The Kier molecular flexibility index (Phi) is 2.42. The molecule has 0 aromatic heterocycles. The van der Waals surface area contributed by atoms with Crippen molar-refractivity contribution in [3.05, 3.63) is 0 Å². The Bertz CT molecular complexity index is 216. The lowest BCUT2D eigenvalue weighted by molar-refractivity contribution is 0.0249. The number of ether oxygens (including phenoxy) is 1. The summed E-state index contributed by atoms with van der Waals surface area (Å²) in [5, 5.41) is 0. The average Bonchev–Trinajstić information content (AvgIpc) is 2.59. The van der Waals surface area contributed by atoms with Crippen LogP contribution in [0.2, 0.25) is 0 Å². The van der Waals surface area contributed by atoms with Gasteiger partial charge in [0.05, 0.1) is 12.7 Å². The molecule has 1 spiro atoms. The smallest absolute Gasteiger partial charge is 0.0629 e. The molecule has 1 aliphatic carbocycles. The van der Waals surface area contributed by atoms with Gasteiger partial charge in [0, 0.05) is 0 Å². The fourth-order valence-corrected chi connectivity index (χ4v) is 3.16. The lowest BCUT2D eigenvalue weighted by Crippen LogP contribution is -2.26. The highest BCUT2D eigenvalue weighted by molar-refractivity contribution is 4.96. The summed E-state index contributed by atoms with van der Waals surface area (Å²) in [6.45, 7) is 10.3. The highest BCUT2D eigenvalue weighted by atomic mass is 16.5. The average molecular weight is 196 g/mol. The van der Waals surface area contributed by atoms with Crippen molar-refractivity contribution in [1.82, 2.24) is 0 Å². The van der Waals surface area contributed by atoms with Crippen LogP contribution in [0.4, 0.5) is 0 Å². The predicted molar refractivity (Wildman–Crippen MR) is 59.3 cm³/mol. The molecule has 1 saturated carbocycles. The van der Waals surface area contributed by atoms with Crippen molar-refractivity contribution in [2.24, 2.45) is 16.7 Å². The normalized spacial score (nSPS) is 43.7. The van der Waals surface area contributed by atoms with Gasteiger partial charge in [0.1, 0.15) is 0 Å². The monoisotopic (exact) mass is 196 g/mol. The van der Waals surface area contributed by atoms with E-state index in [1.54, 1.807) is 0 Å². The molecule has 1 nitrogen and oxygen atoms in total. The fraction of sp³-hybridized carbons (Fsp3) is 1.00. The minimum Gasteiger partial charge on any atom is -0.377 e. The molecule has 2 aliphatic rings. The molecular weight excluding hydrogens is 172 g/mol. The summed E-state index contributed by atoms with van der Waals surface area (Å²) in [4.78, 5) is 0. The summed E-state index contributed by atoms with van der Waals surface area (Å²) in [6.07, 6.45) is 6.02. The Morgan fingerprint density at radius 2 is 1.93 bits per heavy atom. The molecule has 0 aromatic rings. The maximum Gasteiger partial charge on any atom is 0.0629 e. The quantitative estimate of drug-likeness (QED) is 0.575. The summed E-state index contributed by atoms with van der Waals surface area (Å²) in [7, 11) is 0. The summed E-state index contributed by atoms with van der Waals surface area (Å²) in [5.41, 5.74) is 0.896. The van der Waals surface area contributed by atoms with Gasteiger partial charge < -0.3 is 4.74 Å². The predicted octanol–water partition coefficient (Wildman–Crippen LogP) is 3.63. The van der Waals surface area contributed by atoms with Gasteiger partial charge in [-0.1, -0.05) is 34.1 Å². The summed E-state index contributed by atoms with van der Waals surface area (Å²) in [5.74, 6) is 0.928. The third-order valence-electron chi connectivity index (χ3n) is 4.12. The van der Waals surface area contributed by atoms with E-state index in [2.05, 4.69) is 27.7 Å². The van der Waals surface area contributed by atoms with E-state index in [1.807, 2.05) is 0 Å². The van der Waals surface area contributed by atoms with E-state index in [1.165, 1.54) is 25.7 Å². The zero-order chi connectivity index (χ0) is 10.4. The number of rotatable bonds is 0. The van der Waals surface area contributed by atoms with Crippen molar-refractivity contribution in [1.29, 1.82) is 0 Å². The van der Waals surface area contributed by atoms with Crippen molar-refractivity contribution < 1.29 is 4.74 Å². The van der Waals surface area contributed by atoms with E-state index in [4.69, 9.17) is 4.74 Å². The molecule has 1 heterocycles. The summed E-state index contributed by atoms with van der Waals surface area (Å²) in [6, 6.07) is 0. The van der Waals surface area contributed by atoms with Crippen molar-refractivity contribution in [2.75, 3.05) is 6.61 Å². The molecule has 14 heavy (non-hydrogen) atoms. The van der Waals surface area contributed by atoms with E-state index in [-0.39, 0.29) is 0 Å². The van der Waals surface area contributed by atoms with Crippen LogP contribution in [0.15, 0.2) is 0 Å². The molecule has 0 radical (unpaired) electrons. The van der Waals surface area contributed by atoms with Crippen LogP contribution < -0.4 is 0 Å². The van der Waals surface area contributed by atoms with Gasteiger partial charge >= 0.3 is 0 Å². The summed E-state index contributed by atoms with van der Waals surface area (Å²) < 4.78 is 6.00. The Balaban J connectivity index is 2.01. The van der Waals surface area contributed by atoms with E-state index in [0.717, 1.165) is 12.5 Å². The topological polar surface area (TPSA) is 9.23 Å². The SMILES string of the molecule is CC1CCC2(COC(C(C)(C)C)C2)C1. The summed E-state index contributed by atoms with van der Waals surface area (Å²) >= 11 is 0. The second-order valence-electron chi connectivity index (χ2n) is 6.72. The van der Waals surface area contributed by atoms with Gasteiger partial charge in [-0.3, -0.25) is 0 Å². The van der Waals surface area contributed by atoms with Crippen molar-refractivity contribution in [3.8, 4) is 0 Å². The second kappa shape index (κ2) is 3.23. The zero-order valence-electron chi connectivity index (χ0n) is 10.1. The van der Waals surface area contributed by atoms with Crippen molar-refractivity contribution >= 4 is 0 Å². The van der Waals surface area contributed by atoms with Crippen LogP contribution in [0.5, 0.6) is 0 Å². The third kappa shape index (κ3) is 1.84. The first kappa shape index (κ1) is 10.5. The maximum absolute atomic E-state index is 6.00. The first-order chi connectivity index (χ1) is 6.41. The lowest BCUT2D eigenvalue weighted by Gasteiger charge is -2.27. The van der Waals surface area contributed by atoms with Crippen molar-refractivity contribution in [3.63, 3.8) is 0 Å². The van der Waals surface area contributed by atoms with Gasteiger partial charge in [-0.05, 0) is 36.0 Å². The standard InChI is InChI=1S/C13H24O/c1-10-5-6-13(7-10)8-11(14-9-13)12(2,3)4/h10-11H,5-9H2,1-4H3. The molecule has 0 N–H and O–H groups in total. The van der Waals surface area contributed by atoms with E-state index < -0.39 is 0 Å². The Morgan fingerprint density at radius 3 is 2.36 bits per heavy atom. The van der Waals surface area contributed by atoms with Gasteiger partial charge in [0.2, 0.25) is 0 Å². The van der Waals surface area contributed by atoms with Crippen LogP contribution in [0.1, 0.15) is 53.4 Å². The van der Waals surface area contributed by atoms with Crippen molar-refractivity contribution in [2.45, 2.75) is 59.5 Å².